The molecule has 2 aromatic rings. The number of thiazole rings is 1. The number of rotatable bonds is 1. The molecule has 2 heterocycles. The number of halogens is 1. The molecule has 1 aromatic carbocycles. The lowest BCUT2D eigenvalue weighted by Gasteiger charge is -2.17. The Balaban J connectivity index is 2.24. The SMILES string of the molecule is CN1C(=O)CN=C(c2nccs2)c2cc(I)ccc21. The summed E-state index contributed by atoms with van der Waals surface area (Å²) in [6, 6.07) is 6.00. The summed E-state index contributed by atoms with van der Waals surface area (Å²) in [7, 11) is 1.79. The molecule has 1 aliphatic heterocycles. The van der Waals surface area contributed by atoms with Gasteiger partial charge in [-0.3, -0.25) is 9.79 Å². The van der Waals surface area contributed by atoms with Gasteiger partial charge in [0, 0.05) is 27.8 Å². The normalized spacial score (nSPS) is 14.9. The average Bonchev–Trinajstić information content (AvgIpc) is 2.88. The molecule has 96 valence electrons. The minimum Gasteiger partial charge on any atom is -0.313 e. The number of anilines is 1. The zero-order valence-electron chi connectivity index (χ0n) is 10.1. The highest BCUT2D eigenvalue weighted by molar-refractivity contribution is 14.1. The second-order valence-corrected chi connectivity index (χ2v) is 6.26. The summed E-state index contributed by atoms with van der Waals surface area (Å²) in [5, 5.41) is 2.77. The Bertz CT molecular complexity index is 667. The van der Waals surface area contributed by atoms with E-state index in [9.17, 15) is 4.79 Å². The summed E-state index contributed by atoms with van der Waals surface area (Å²) >= 11 is 3.80. The Hall–Kier alpha value is -1.28. The number of carbonyl (C=O) groups excluding carboxylic acids is 1. The highest BCUT2D eigenvalue weighted by Crippen LogP contribution is 2.28. The number of hydrogen-bond acceptors (Lipinski definition) is 4. The van der Waals surface area contributed by atoms with E-state index in [2.05, 4.69) is 32.6 Å². The fourth-order valence-corrected chi connectivity index (χ4v) is 3.14. The van der Waals surface area contributed by atoms with Gasteiger partial charge in [-0.25, -0.2) is 4.98 Å². The molecule has 0 unspecified atom stereocenters. The van der Waals surface area contributed by atoms with Gasteiger partial charge in [0.25, 0.3) is 0 Å². The standard InChI is InChI=1S/C13H10IN3OS/c1-17-10-3-2-8(14)6-9(10)12(16-7-11(17)18)13-15-4-5-19-13/h2-6H,7H2,1H3. The first kappa shape index (κ1) is 12.7. The van der Waals surface area contributed by atoms with Crippen LogP contribution in [0.3, 0.4) is 0 Å². The van der Waals surface area contributed by atoms with Crippen molar-refractivity contribution < 1.29 is 4.79 Å². The smallest absolute Gasteiger partial charge is 0.248 e. The Morgan fingerprint density at radius 2 is 2.26 bits per heavy atom. The first-order chi connectivity index (χ1) is 9.16. The second-order valence-electron chi connectivity index (χ2n) is 4.12. The van der Waals surface area contributed by atoms with Crippen LogP contribution in [0.2, 0.25) is 0 Å². The van der Waals surface area contributed by atoms with E-state index in [1.807, 2.05) is 23.6 Å². The number of amides is 1. The van der Waals surface area contributed by atoms with Crippen molar-refractivity contribution in [2.75, 3.05) is 18.5 Å². The third-order valence-electron chi connectivity index (χ3n) is 2.96. The number of aromatic nitrogens is 1. The summed E-state index contributed by atoms with van der Waals surface area (Å²) in [6.45, 7) is 0.163. The summed E-state index contributed by atoms with van der Waals surface area (Å²) in [5.74, 6) is -0.00554. The van der Waals surface area contributed by atoms with Gasteiger partial charge in [0.05, 0.1) is 5.69 Å². The highest BCUT2D eigenvalue weighted by atomic mass is 127. The quantitative estimate of drug-likeness (QED) is 0.711. The van der Waals surface area contributed by atoms with Gasteiger partial charge in [-0.2, -0.15) is 0 Å². The number of benzene rings is 1. The third kappa shape index (κ3) is 2.30. The molecule has 0 saturated carbocycles. The zero-order chi connectivity index (χ0) is 13.4. The lowest BCUT2D eigenvalue weighted by molar-refractivity contribution is -0.116. The monoisotopic (exact) mass is 383 g/mol. The molecule has 0 fully saturated rings. The lowest BCUT2D eigenvalue weighted by Crippen LogP contribution is -2.27. The van der Waals surface area contributed by atoms with Crippen molar-refractivity contribution >= 4 is 51.2 Å². The molecule has 6 heteroatoms. The number of likely N-dealkylation sites (N-methyl/N-ethyl adjacent to an activating group) is 1. The van der Waals surface area contributed by atoms with Crippen LogP contribution in [-0.4, -0.2) is 30.2 Å². The fourth-order valence-electron chi connectivity index (χ4n) is 1.99. The first-order valence-electron chi connectivity index (χ1n) is 5.67. The number of benzodiazepines with no additional fused rings is 1. The molecule has 0 radical (unpaired) electrons. The van der Waals surface area contributed by atoms with Crippen LogP contribution in [0, 0.1) is 3.57 Å². The van der Waals surface area contributed by atoms with E-state index in [0.717, 1.165) is 25.5 Å². The van der Waals surface area contributed by atoms with Crippen LogP contribution < -0.4 is 4.90 Å². The predicted molar refractivity (Wildman–Crippen MR) is 85.2 cm³/mol. The van der Waals surface area contributed by atoms with E-state index in [1.54, 1.807) is 18.1 Å². The minimum atomic E-state index is -0.00554. The molecule has 0 saturated heterocycles. The van der Waals surface area contributed by atoms with Crippen molar-refractivity contribution in [2.24, 2.45) is 4.99 Å². The number of carbonyl (C=O) groups is 1. The van der Waals surface area contributed by atoms with E-state index in [0.29, 0.717) is 0 Å². The Morgan fingerprint density at radius 3 is 3.00 bits per heavy atom. The molecule has 0 N–H and O–H groups in total. The molecule has 0 bridgehead atoms. The highest BCUT2D eigenvalue weighted by Gasteiger charge is 2.23. The first-order valence-corrected chi connectivity index (χ1v) is 7.63. The largest absolute Gasteiger partial charge is 0.313 e. The Morgan fingerprint density at radius 1 is 1.42 bits per heavy atom. The maximum absolute atomic E-state index is 12.0. The number of aliphatic imine (C=N–C) groups is 1. The van der Waals surface area contributed by atoms with Gasteiger partial charge >= 0.3 is 0 Å². The van der Waals surface area contributed by atoms with Crippen LogP contribution >= 0.6 is 33.9 Å². The molecule has 1 aliphatic rings. The Labute approximate surface area is 128 Å². The van der Waals surface area contributed by atoms with Crippen LogP contribution in [0.25, 0.3) is 0 Å². The third-order valence-corrected chi connectivity index (χ3v) is 4.41. The number of hydrogen-bond donors (Lipinski definition) is 0. The zero-order valence-corrected chi connectivity index (χ0v) is 13.1. The predicted octanol–water partition coefficient (Wildman–Crippen LogP) is 2.56. The minimum absolute atomic E-state index is 0.00554. The molecular formula is C13H10IN3OS. The molecule has 1 aromatic heterocycles. The van der Waals surface area contributed by atoms with Crippen LogP contribution in [-0.2, 0) is 4.79 Å². The molecule has 4 nitrogen and oxygen atoms in total. The molecular weight excluding hydrogens is 373 g/mol. The maximum Gasteiger partial charge on any atom is 0.248 e. The Kier molecular flexibility index (Phi) is 3.36. The number of nitrogens with zero attached hydrogens (tertiary/aromatic N) is 3. The topological polar surface area (TPSA) is 45.6 Å². The molecule has 0 spiro atoms. The summed E-state index contributed by atoms with van der Waals surface area (Å²) in [4.78, 5) is 22.4. The molecule has 19 heavy (non-hydrogen) atoms. The van der Waals surface area contributed by atoms with Crippen molar-refractivity contribution in [1.82, 2.24) is 4.98 Å². The van der Waals surface area contributed by atoms with Crippen LogP contribution in [0.1, 0.15) is 10.6 Å². The van der Waals surface area contributed by atoms with Crippen molar-refractivity contribution in [1.29, 1.82) is 0 Å². The van der Waals surface area contributed by atoms with Crippen molar-refractivity contribution in [2.45, 2.75) is 0 Å². The van der Waals surface area contributed by atoms with E-state index in [1.165, 1.54) is 11.3 Å². The second kappa shape index (κ2) is 5.01. The van der Waals surface area contributed by atoms with Gasteiger partial charge in [0.15, 0.2) is 0 Å². The van der Waals surface area contributed by atoms with E-state index < -0.39 is 0 Å². The summed E-state index contributed by atoms with van der Waals surface area (Å²) in [5.41, 5.74) is 2.66. The molecule has 1 amide bonds. The number of fused-ring (bicyclic) bond motifs is 1. The van der Waals surface area contributed by atoms with Crippen molar-refractivity contribution in [3.63, 3.8) is 0 Å². The summed E-state index contributed by atoms with van der Waals surface area (Å²) < 4.78 is 1.11. The van der Waals surface area contributed by atoms with Gasteiger partial charge in [-0.1, -0.05) is 0 Å². The average molecular weight is 383 g/mol. The van der Waals surface area contributed by atoms with Gasteiger partial charge in [0.2, 0.25) is 5.91 Å². The van der Waals surface area contributed by atoms with Gasteiger partial charge in [-0.15, -0.1) is 11.3 Å². The van der Waals surface area contributed by atoms with Gasteiger partial charge < -0.3 is 4.90 Å². The molecule has 3 rings (SSSR count). The van der Waals surface area contributed by atoms with E-state index in [4.69, 9.17) is 0 Å². The lowest BCUT2D eigenvalue weighted by atomic mass is 10.1. The molecule has 0 atom stereocenters. The maximum atomic E-state index is 12.0. The van der Waals surface area contributed by atoms with E-state index >= 15 is 0 Å². The van der Waals surface area contributed by atoms with Gasteiger partial charge in [0.1, 0.15) is 17.3 Å². The van der Waals surface area contributed by atoms with Crippen LogP contribution in [0.5, 0.6) is 0 Å². The van der Waals surface area contributed by atoms with Gasteiger partial charge in [-0.05, 0) is 40.8 Å². The van der Waals surface area contributed by atoms with Crippen LogP contribution in [0.4, 0.5) is 5.69 Å². The van der Waals surface area contributed by atoms with Crippen LogP contribution in [0.15, 0.2) is 34.8 Å². The van der Waals surface area contributed by atoms with Crippen molar-refractivity contribution in [3.8, 4) is 0 Å². The fraction of sp³-hybridized carbons (Fsp3) is 0.154. The van der Waals surface area contributed by atoms with Crippen molar-refractivity contribution in [3.05, 3.63) is 43.9 Å². The molecule has 0 aliphatic carbocycles. The summed E-state index contributed by atoms with van der Waals surface area (Å²) in [6.07, 6.45) is 1.76. The van der Waals surface area contributed by atoms with E-state index in [-0.39, 0.29) is 12.5 Å².